The van der Waals surface area contributed by atoms with E-state index in [2.05, 4.69) is 22.0 Å². The molecule has 2 nitrogen and oxygen atoms in total. The molecular formula is C10H14BrNOS. The van der Waals surface area contributed by atoms with Crippen molar-refractivity contribution in [2.75, 3.05) is 19.8 Å². The van der Waals surface area contributed by atoms with E-state index in [0.29, 0.717) is 5.92 Å². The Kier molecular flexibility index (Phi) is 3.60. The van der Waals surface area contributed by atoms with E-state index in [9.17, 15) is 0 Å². The Labute approximate surface area is 96.6 Å². The van der Waals surface area contributed by atoms with Gasteiger partial charge in [-0.05, 0) is 41.4 Å². The summed E-state index contributed by atoms with van der Waals surface area (Å²) in [5.74, 6) is 0.598. The van der Waals surface area contributed by atoms with Gasteiger partial charge in [-0.15, -0.1) is 11.3 Å². The van der Waals surface area contributed by atoms with Crippen molar-refractivity contribution in [2.45, 2.75) is 18.8 Å². The van der Waals surface area contributed by atoms with Crippen LogP contribution in [0.1, 0.15) is 22.1 Å². The molecule has 0 spiro atoms. The minimum absolute atomic E-state index is 0.598. The number of halogens is 1. The van der Waals surface area contributed by atoms with Gasteiger partial charge in [-0.1, -0.05) is 0 Å². The molecule has 0 bridgehead atoms. The van der Waals surface area contributed by atoms with Gasteiger partial charge in [-0.3, -0.25) is 0 Å². The number of hydrogen-bond acceptors (Lipinski definition) is 3. The first-order chi connectivity index (χ1) is 6.81. The predicted octanol–water partition coefficient (Wildman–Crippen LogP) is 2.52. The zero-order chi connectivity index (χ0) is 9.97. The van der Waals surface area contributed by atoms with Crippen LogP contribution >= 0.6 is 27.3 Å². The second-order valence-corrected chi connectivity index (χ2v) is 5.55. The van der Waals surface area contributed by atoms with Crippen LogP contribution in [-0.2, 0) is 11.2 Å². The maximum Gasteiger partial charge on any atom is 0.0543 e. The highest BCUT2D eigenvalue weighted by Gasteiger charge is 2.22. The second kappa shape index (κ2) is 4.75. The lowest BCUT2D eigenvalue weighted by Gasteiger charge is -2.04. The molecule has 1 aliphatic rings. The number of rotatable bonds is 3. The normalized spacial score (nSPS) is 21.7. The van der Waals surface area contributed by atoms with E-state index < -0.39 is 0 Å². The molecule has 1 saturated heterocycles. The Hall–Kier alpha value is 0.1000. The first kappa shape index (κ1) is 10.6. The molecule has 0 amide bonds. The molecular weight excluding hydrogens is 262 g/mol. The van der Waals surface area contributed by atoms with Crippen molar-refractivity contribution < 1.29 is 4.74 Å². The van der Waals surface area contributed by atoms with E-state index >= 15 is 0 Å². The SMILES string of the molecule is NCCc1cc(Br)c(C2CCOC2)s1. The summed E-state index contributed by atoms with van der Waals surface area (Å²) in [4.78, 5) is 2.81. The summed E-state index contributed by atoms with van der Waals surface area (Å²) in [6, 6.07) is 2.20. The zero-order valence-corrected chi connectivity index (χ0v) is 10.4. The van der Waals surface area contributed by atoms with Crippen LogP contribution in [0.25, 0.3) is 0 Å². The van der Waals surface area contributed by atoms with Gasteiger partial charge < -0.3 is 10.5 Å². The average molecular weight is 276 g/mol. The fraction of sp³-hybridized carbons (Fsp3) is 0.600. The Morgan fingerprint density at radius 2 is 2.50 bits per heavy atom. The molecule has 2 rings (SSSR count). The van der Waals surface area contributed by atoms with Crippen LogP contribution < -0.4 is 5.73 Å². The van der Waals surface area contributed by atoms with Crippen LogP contribution in [0.4, 0.5) is 0 Å². The topological polar surface area (TPSA) is 35.2 Å². The molecule has 1 unspecified atom stereocenters. The fourth-order valence-corrected chi connectivity index (χ4v) is 3.90. The van der Waals surface area contributed by atoms with Gasteiger partial charge in [0.05, 0.1) is 6.61 Å². The van der Waals surface area contributed by atoms with Crippen molar-refractivity contribution in [3.8, 4) is 0 Å². The van der Waals surface area contributed by atoms with Crippen LogP contribution in [0.15, 0.2) is 10.5 Å². The van der Waals surface area contributed by atoms with Gasteiger partial charge in [0.15, 0.2) is 0 Å². The fourth-order valence-electron chi connectivity index (χ4n) is 1.72. The quantitative estimate of drug-likeness (QED) is 0.920. The van der Waals surface area contributed by atoms with Crippen molar-refractivity contribution >= 4 is 27.3 Å². The highest BCUT2D eigenvalue weighted by molar-refractivity contribution is 9.10. The van der Waals surface area contributed by atoms with Crippen LogP contribution in [0.5, 0.6) is 0 Å². The predicted molar refractivity (Wildman–Crippen MR) is 63.0 cm³/mol. The van der Waals surface area contributed by atoms with Gasteiger partial charge in [0, 0.05) is 26.8 Å². The maximum absolute atomic E-state index is 5.54. The van der Waals surface area contributed by atoms with E-state index in [-0.39, 0.29) is 0 Å². The molecule has 1 fully saturated rings. The first-order valence-corrected chi connectivity index (χ1v) is 6.48. The molecule has 4 heteroatoms. The average Bonchev–Trinajstić information content (AvgIpc) is 2.74. The van der Waals surface area contributed by atoms with E-state index in [1.165, 1.54) is 14.2 Å². The zero-order valence-electron chi connectivity index (χ0n) is 7.96. The lowest BCUT2D eigenvalue weighted by molar-refractivity contribution is 0.194. The van der Waals surface area contributed by atoms with Gasteiger partial charge in [-0.2, -0.15) is 0 Å². The molecule has 2 heterocycles. The Morgan fingerprint density at radius 1 is 1.64 bits per heavy atom. The van der Waals surface area contributed by atoms with Crippen LogP contribution in [-0.4, -0.2) is 19.8 Å². The third-order valence-corrected chi connectivity index (χ3v) is 4.73. The monoisotopic (exact) mass is 275 g/mol. The van der Waals surface area contributed by atoms with Crippen molar-refractivity contribution in [3.05, 3.63) is 20.3 Å². The lowest BCUT2D eigenvalue weighted by atomic mass is 10.1. The van der Waals surface area contributed by atoms with E-state index in [4.69, 9.17) is 10.5 Å². The van der Waals surface area contributed by atoms with Gasteiger partial charge in [0.25, 0.3) is 0 Å². The number of hydrogen-bond donors (Lipinski definition) is 1. The minimum atomic E-state index is 0.598. The summed E-state index contributed by atoms with van der Waals surface area (Å²) in [5, 5.41) is 0. The smallest absolute Gasteiger partial charge is 0.0543 e. The van der Waals surface area contributed by atoms with Gasteiger partial charge in [0.1, 0.15) is 0 Å². The summed E-state index contributed by atoms with van der Waals surface area (Å²) in [6.45, 7) is 2.51. The van der Waals surface area contributed by atoms with Crippen molar-refractivity contribution in [1.29, 1.82) is 0 Å². The van der Waals surface area contributed by atoms with E-state index in [1.807, 2.05) is 11.3 Å². The van der Waals surface area contributed by atoms with E-state index in [1.54, 1.807) is 0 Å². The molecule has 0 saturated carbocycles. The first-order valence-electron chi connectivity index (χ1n) is 4.87. The summed E-state index contributed by atoms with van der Waals surface area (Å²) in [6.07, 6.45) is 2.14. The van der Waals surface area contributed by atoms with Crippen molar-refractivity contribution in [1.82, 2.24) is 0 Å². The molecule has 1 aromatic heterocycles. The molecule has 0 radical (unpaired) electrons. The third kappa shape index (κ3) is 2.19. The van der Waals surface area contributed by atoms with Gasteiger partial charge in [0.2, 0.25) is 0 Å². The van der Waals surface area contributed by atoms with Crippen molar-refractivity contribution in [3.63, 3.8) is 0 Å². The highest BCUT2D eigenvalue weighted by Crippen LogP contribution is 2.37. The summed E-state index contributed by atoms with van der Waals surface area (Å²) in [5.41, 5.74) is 5.54. The number of nitrogens with two attached hydrogens (primary N) is 1. The molecule has 1 atom stereocenters. The minimum Gasteiger partial charge on any atom is -0.381 e. The van der Waals surface area contributed by atoms with Gasteiger partial charge in [-0.25, -0.2) is 0 Å². The molecule has 1 aliphatic heterocycles. The number of thiophene rings is 1. The second-order valence-electron chi connectivity index (χ2n) is 3.52. The standard InChI is InChI=1S/C10H14BrNOS/c11-9-5-8(1-3-12)14-10(9)7-2-4-13-6-7/h5,7H,1-4,6,12H2. The third-order valence-electron chi connectivity index (χ3n) is 2.46. The molecule has 0 aliphatic carbocycles. The Balaban J connectivity index is 2.15. The largest absolute Gasteiger partial charge is 0.381 e. The highest BCUT2D eigenvalue weighted by atomic mass is 79.9. The molecule has 2 N–H and O–H groups in total. The summed E-state index contributed by atoms with van der Waals surface area (Å²) in [7, 11) is 0. The lowest BCUT2D eigenvalue weighted by Crippen LogP contribution is -2.00. The molecule has 1 aromatic rings. The Bertz CT molecular complexity index is 307. The Morgan fingerprint density at radius 3 is 3.14 bits per heavy atom. The maximum atomic E-state index is 5.54. The van der Waals surface area contributed by atoms with Crippen LogP contribution in [0.3, 0.4) is 0 Å². The number of ether oxygens (including phenoxy) is 1. The molecule has 78 valence electrons. The van der Waals surface area contributed by atoms with E-state index in [0.717, 1.165) is 32.6 Å². The van der Waals surface area contributed by atoms with Crippen LogP contribution in [0, 0.1) is 0 Å². The van der Waals surface area contributed by atoms with Gasteiger partial charge >= 0.3 is 0 Å². The molecule has 0 aromatic carbocycles. The van der Waals surface area contributed by atoms with Crippen LogP contribution in [0.2, 0.25) is 0 Å². The molecule has 14 heavy (non-hydrogen) atoms. The van der Waals surface area contributed by atoms with Crippen molar-refractivity contribution in [2.24, 2.45) is 5.73 Å². The summed E-state index contributed by atoms with van der Waals surface area (Å²) >= 11 is 5.49. The summed E-state index contributed by atoms with van der Waals surface area (Å²) < 4.78 is 6.63.